The third-order valence-corrected chi connectivity index (χ3v) is 5.58. The van der Waals surface area contributed by atoms with Crippen molar-refractivity contribution in [2.45, 2.75) is 26.2 Å². The number of unbranched alkanes of at least 4 members (excludes halogenated alkanes) is 1. The summed E-state index contributed by atoms with van der Waals surface area (Å²) < 4.78 is 58.0. The van der Waals surface area contributed by atoms with E-state index in [1.165, 1.54) is 18.2 Å². The fourth-order valence-corrected chi connectivity index (χ4v) is 3.85. The zero-order valence-corrected chi connectivity index (χ0v) is 17.4. The molecule has 0 N–H and O–H groups in total. The molecule has 5 heteroatoms. The van der Waals surface area contributed by atoms with Crippen LogP contribution in [0.3, 0.4) is 0 Å². The summed E-state index contributed by atoms with van der Waals surface area (Å²) in [6.45, 7) is 2.12. The fourth-order valence-electron chi connectivity index (χ4n) is 3.85. The molecule has 32 heavy (non-hydrogen) atoms. The van der Waals surface area contributed by atoms with Gasteiger partial charge in [-0.05, 0) is 53.1 Å². The predicted molar refractivity (Wildman–Crippen MR) is 118 cm³/mol. The summed E-state index contributed by atoms with van der Waals surface area (Å²) in [7, 11) is 0. The van der Waals surface area contributed by atoms with Crippen LogP contribution in [0.5, 0.6) is 0 Å². The molecule has 0 aliphatic rings. The molecule has 160 valence electrons. The summed E-state index contributed by atoms with van der Waals surface area (Å²) in [5, 5.41) is 10.0. The van der Waals surface area contributed by atoms with Gasteiger partial charge in [0.05, 0.1) is 0 Å². The number of nitrogens with zero attached hydrogens (tertiary/aromatic N) is 1. The lowest BCUT2D eigenvalue weighted by molar-refractivity contribution is 0.577. The van der Waals surface area contributed by atoms with Gasteiger partial charge in [0.1, 0.15) is 34.9 Å². The Hall–Kier alpha value is -3.65. The SMILES string of the molecule is CCCCc1ccc2c(F)c(-c3ccc(-c4cc(F)c(C#N)c(F)c4)c(F)c3)ccc2c1. The quantitative estimate of drug-likeness (QED) is 0.293. The van der Waals surface area contributed by atoms with Crippen LogP contribution in [-0.2, 0) is 6.42 Å². The first-order valence-electron chi connectivity index (χ1n) is 10.3. The van der Waals surface area contributed by atoms with Gasteiger partial charge in [-0.25, -0.2) is 17.6 Å². The maximum atomic E-state index is 15.2. The van der Waals surface area contributed by atoms with E-state index in [-0.39, 0.29) is 16.7 Å². The first-order valence-corrected chi connectivity index (χ1v) is 10.3. The van der Waals surface area contributed by atoms with E-state index in [9.17, 15) is 13.2 Å². The molecule has 0 spiro atoms. The second kappa shape index (κ2) is 8.84. The Morgan fingerprint density at radius 1 is 0.750 bits per heavy atom. The maximum absolute atomic E-state index is 15.2. The van der Waals surface area contributed by atoms with Crippen LogP contribution in [-0.4, -0.2) is 0 Å². The standard InChI is InChI=1S/C27H19F4N/c1-2-3-4-16-5-8-21-17(11-16)7-10-22(27(21)31)18-6-9-20(24(28)12-18)19-13-25(29)23(15-32)26(30)14-19/h5-14H,2-4H2,1H3. The molecule has 0 aromatic heterocycles. The van der Waals surface area contributed by atoms with Crippen molar-refractivity contribution in [1.29, 1.82) is 5.26 Å². The first kappa shape index (κ1) is 21.6. The lowest BCUT2D eigenvalue weighted by Gasteiger charge is -2.11. The van der Waals surface area contributed by atoms with Crippen molar-refractivity contribution in [3.63, 3.8) is 0 Å². The lowest BCUT2D eigenvalue weighted by Crippen LogP contribution is -1.94. The molecule has 0 bridgehead atoms. The highest BCUT2D eigenvalue weighted by Crippen LogP contribution is 2.33. The van der Waals surface area contributed by atoms with E-state index in [1.54, 1.807) is 18.2 Å². The fraction of sp³-hybridized carbons (Fsp3) is 0.148. The average molecular weight is 433 g/mol. The number of fused-ring (bicyclic) bond motifs is 1. The summed E-state index contributed by atoms with van der Waals surface area (Å²) in [6.07, 6.45) is 3.07. The molecule has 0 unspecified atom stereocenters. The number of rotatable bonds is 5. The van der Waals surface area contributed by atoms with Crippen LogP contribution in [0.4, 0.5) is 17.6 Å². The molecule has 0 aliphatic carbocycles. The molecule has 0 fully saturated rings. The third-order valence-electron chi connectivity index (χ3n) is 5.58. The second-order valence-electron chi connectivity index (χ2n) is 7.71. The molecule has 4 aromatic rings. The van der Waals surface area contributed by atoms with E-state index in [0.29, 0.717) is 10.9 Å². The van der Waals surface area contributed by atoms with Gasteiger partial charge in [-0.3, -0.25) is 0 Å². The van der Waals surface area contributed by atoms with E-state index >= 15 is 4.39 Å². The van der Waals surface area contributed by atoms with Crippen molar-refractivity contribution < 1.29 is 17.6 Å². The zero-order chi connectivity index (χ0) is 22.8. The largest absolute Gasteiger partial charge is 0.206 e. The number of nitriles is 1. The minimum atomic E-state index is -1.06. The van der Waals surface area contributed by atoms with Gasteiger partial charge in [0.25, 0.3) is 0 Å². The van der Waals surface area contributed by atoms with Crippen LogP contribution < -0.4 is 0 Å². The number of hydrogen-bond acceptors (Lipinski definition) is 1. The number of halogens is 4. The summed E-state index contributed by atoms with van der Waals surface area (Å²) >= 11 is 0. The summed E-state index contributed by atoms with van der Waals surface area (Å²) in [5.41, 5.74) is 0.891. The Labute approximate surface area is 183 Å². The molecular weight excluding hydrogens is 414 g/mol. The van der Waals surface area contributed by atoms with Gasteiger partial charge in [0, 0.05) is 16.5 Å². The monoisotopic (exact) mass is 433 g/mol. The van der Waals surface area contributed by atoms with Gasteiger partial charge >= 0.3 is 0 Å². The van der Waals surface area contributed by atoms with Crippen molar-refractivity contribution in [3.05, 3.63) is 95.1 Å². The molecule has 0 heterocycles. The third kappa shape index (κ3) is 3.97. The minimum Gasteiger partial charge on any atom is -0.206 e. The molecule has 1 nitrogen and oxygen atoms in total. The van der Waals surface area contributed by atoms with Crippen LogP contribution in [0.25, 0.3) is 33.0 Å². The number of aryl methyl sites for hydroxylation is 1. The Balaban J connectivity index is 1.73. The van der Waals surface area contributed by atoms with Gasteiger partial charge in [-0.15, -0.1) is 0 Å². The Bertz CT molecular complexity index is 1350. The van der Waals surface area contributed by atoms with Crippen LogP contribution in [0.15, 0.2) is 60.7 Å². The van der Waals surface area contributed by atoms with Crippen molar-refractivity contribution in [2.75, 3.05) is 0 Å². The zero-order valence-electron chi connectivity index (χ0n) is 17.4. The van der Waals surface area contributed by atoms with Gasteiger partial charge in [-0.2, -0.15) is 5.26 Å². The van der Waals surface area contributed by atoms with E-state index in [0.717, 1.165) is 48.4 Å². The lowest BCUT2D eigenvalue weighted by atomic mass is 9.95. The minimum absolute atomic E-state index is 0.0401. The highest BCUT2D eigenvalue weighted by atomic mass is 19.1. The van der Waals surface area contributed by atoms with E-state index in [1.807, 2.05) is 12.1 Å². The van der Waals surface area contributed by atoms with Crippen LogP contribution in [0, 0.1) is 34.6 Å². The second-order valence-corrected chi connectivity index (χ2v) is 7.71. The van der Waals surface area contributed by atoms with Crippen LogP contribution >= 0.6 is 0 Å². The molecule has 0 aliphatic heterocycles. The average Bonchev–Trinajstić information content (AvgIpc) is 2.77. The highest BCUT2D eigenvalue weighted by Gasteiger charge is 2.16. The van der Waals surface area contributed by atoms with E-state index < -0.39 is 28.8 Å². The van der Waals surface area contributed by atoms with Crippen molar-refractivity contribution in [3.8, 4) is 28.3 Å². The molecule has 0 saturated carbocycles. The topological polar surface area (TPSA) is 23.8 Å². The normalized spacial score (nSPS) is 11.0. The predicted octanol–water partition coefficient (Wildman–Crippen LogP) is 7.94. The molecule has 0 amide bonds. The van der Waals surface area contributed by atoms with Gasteiger partial charge in [-0.1, -0.05) is 55.8 Å². The van der Waals surface area contributed by atoms with Gasteiger partial charge in [0.2, 0.25) is 0 Å². The van der Waals surface area contributed by atoms with Crippen LogP contribution in [0.2, 0.25) is 0 Å². The van der Waals surface area contributed by atoms with Crippen molar-refractivity contribution in [2.24, 2.45) is 0 Å². The summed E-state index contributed by atoms with van der Waals surface area (Å²) in [5.74, 6) is -3.33. The summed E-state index contributed by atoms with van der Waals surface area (Å²) in [4.78, 5) is 0. The Morgan fingerprint density at radius 2 is 1.44 bits per heavy atom. The number of hydrogen-bond donors (Lipinski definition) is 0. The molecule has 0 radical (unpaired) electrons. The molecule has 0 saturated heterocycles. The first-order chi connectivity index (χ1) is 15.4. The molecule has 4 aromatic carbocycles. The van der Waals surface area contributed by atoms with Gasteiger partial charge < -0.3 is 0 Å². The Kier molecular flexibility index (Phi) is 5.96. The van der Waals surface area contributed by atoms with E-state index in [4.69, 9.17) is 5.26 Å². The van der Waals surface area contributed by atoms with Crippen LogP contribution in [0.1, 0.15) is 30.9 Å². The smallest absolute Gasteiger partial charge is 0.144 e. The summed E-state index contributed by atoms with van der Waals surface area (Å²) in [6, 6.07) is 16.3. The van der Waals surface area contributed by atoms with Crippen molar-refractivity contribution >= 4 is 10.8 Å². The van der Waals surface area contributed by atoms with Gasteiger partial charge in [0.15, 0.2) is 0 Å². The highest BCUT2D eigenvalue weighted by molar-refractivity contribution is 5.89. The Morgan fingerprint density at radius 3 is 2.09 bits per heavy atom. The molecular formula is C27H19F4N. The number of benzene rings is 4. The van der Waals surface area contributed by atoms with E-state index in [2.05, 4.69) is 6.92 Å². The molecule has 4 rings (SSSR count). The maximum Gasteiger partial charge on any atom is 0.144 e. The molecule has 0 atom stereocenters. The van der Waals surface area contributed by atoms with Crippen molar-refractivity contribution in [1.82, 2.24) is 0 Å².